The lowest BCUT2D eigenvalue weighted by Crippen LogP contribution is -2.55. The number of hydrogen-bond acceptors (Lipinski definition) is 8. The average Bonchev–Trinajstić information content (AvgIpc) is 3.21. The highest BCUT2D eigenvalue weighted by Crippen LogP contribution is 2.24. The standard InChI is InChI=1S/C22H23FN8O2/c1-11(22(33)31-9-12(6-24)10-31)29-21(32)15-7-27-20-19(15)30-17(8-28-20)18(25)14-4-3-13(23)5-16(14)26-2/h3-5,7-8,11-12,21,25-26,29,32H,9-10H2,1-2H3,(H,27,28). The molecule has 3 aromatic rings. The first-order chi connectivity index (χ1) is 15.8. The van der Waals surface area contributed by atoms with Crippen molar-refractivity contribution in [2.24, 2.45) is 5.92 Å². The van der Waals surface area contributed by atoms with Crippen LogP contribution in [0.4, 0.5) is 10.1 Å². The van der Waals surface area contributed by atoms with Crippen molar-refractivity contribution in [3.63, 3.8) is 0 Å². The van der Waals surface area contributed by atoms with E-state index in [-0.39, 0.29) is 23.2 Å². The molecule has 11 heteroatoms. The number of nitrogens with zero attached hydrogens (tertiary/aromatic N) is 4. The number of benzene rings is 1. The first-order valence-corrected chi connectivity index (χ1v) is 10.4. The smallest absolute Gasteiger partial charge is 0.239 e. The van der Waals surface area contributed by atoms with E-state index < -0.39 is 18.1 Å². The number of halogens is 1. The number of H-pyrrole nitrogens is 1. The number of likely N-dealkylation sites (tertiary alicyclic amines) is 1. The molecule has 0 aliphatic carbocycles. The number of nitrogens with one attached hydrogen (secondary N) is 4. The maximum Gasteiger partial charge on any atom is 0.239 e. The molecular formula is C22H23FN8O2. The third-order valence-corrected chi connectivity index (χ3v) is 5.64. The summed E-state index contributed by atoms with van der Waals surface area (Å²) in [6.07, 6.45) is 1.75. The van der Waals surface area contributed by atoms with Crippen molar-refractivity contribution in [1.29, 1.82) is 10.7 Å². The quantitative estimate of drug-likeness (QED) is 0.270. The second-order valence-electron chi connectivity index (χ2n) is 7.87. The zero-order valence-corrected chi connectivity index (χ0v) is 18.1. The average molecular weight is 450 g/mol. The normalized spacial score (nSPS) is 15.5. The minimum Gasteiger partial charge on any atom is -0.387 e. The zero-order valence-electron chi connectivity index (χ0n) is 18.1. The van der Waals surface area contributed by atoms with Crippen LogP contribution in [-0.2, 0) is 4.79 Å². The van der Waals surface area contributed by atoms with Crippen LogP contribution in [0.5, 0.6) is 0 Å². The number of carbonyl (C=O) groups is 1. The molecular weight excluding hydrogens is 427 g/mol. The fourth-order valence-corrected chi connectivity index (χ4v) is 3.73. The van der Waals surface area contributed by atoms with Gasteiger partial charge in [-0.25, -0.2) is 14.4 Å². The summed E-state index contributed by atoms with van der Waals surface area (Å²) >= 11 is 0. The second-order valence-corrected chi connectivity index (χ2v) is 7.87. The van der Waals surface area contributed by atoms with Gasteiger partial charge in [0.15, 0.2) is 5.65 Å². The lowest BCUT2D eigenvalue weighted by molar-refractivity contribution is -0.139. The minimum absolute atomic E-state index is 0.0386. The van der Waals surface area contributed by atoms with Crippen molar-refractivity contribution in [2.45, 2.75) is 19.2 Å². The van der Waals surface area contributed by atoms with Crippen LogP contribution < -0.4 is 10.6 Å². The van der Waals surface area contributed by atoms with Gasteiger partial charge in [0.2, 0.25) is 5.91 Å². The van der Waals surface area contributed by atoms with Gasteiger partial charge < -0.3 is 20.3 Å². The van der Waals surface area contributed by atoms with Gasteiger partial charge in [-0.05, 0) is 25.1 Å². The number of anilines is 1. The molecule has 1 amide bonds. The predicted octanol–water partition coefficient (Wildman–Crippen LogP) is 1.51. The first kappa shape index (κ1) is 22.3. The molecule has 33 heavy (non-hydrogen) atoms. The molecule has 170 valence electrons. The molecule has 1 aliphatic rings. The SMILES string of the molecule is CNc1cc(F)ccc1C(=N)c1cnc2[nH]cc(C(O)NC(C)C(=O)N3CC(C#N)C3)c2n1. The topological polar surface area (TPSA) is 154 Å². The molecule has 0 bridgehead atoms. The Morgan fingerprint density at radius 3 is 2.91 bits per heavy atom. The summed E-state index contributed by atoms with van der Waals surface area (Å²) in [5.74, 6) is -0.775. The number of aliphatic hydroxyl groups excluding tert-OH is 1. The van der Waals surface area contributed by atoms with Gasteiger partial charge in [0.25, 0.3) is 0 Å². The fraction of sp³-hybridized carbons (Fsp3) is 0.318. The number of aromatic nitrogens is 3. The van der Waals surface area contributed by atoms with Crippen molar-refractivity contribution in [2.75, 3.05) is 25.5 Å². The number of rotatable bonds is 7. The Bertz CT molecular complexity index is 1260. The maximum absolute atomic E-state index is 13.6. The zero-order chi connectivity index (χ0) is 23.7. The third-order valence-electron chi connectivity index (χ3n) is 5.64. The van der Waals surface area contributed by atoms with Gasteiger partial charge in [-0.3, -0.25) is 15.5 Å². The Labute approximate surface area is 189 Å². The molecule has 3 heterocycles. The largest absolute Gasteiger partial charge is 0.387 e. The summed E-state index contributed by atoms with van der Waals surface area (Å²) in [7, 11) is 1.63. The van der Waals surface area contributed by atoms with Gasteiger partial charge in [0.05, 0.1) is 29.9 Å². The van der Waals surface area contributed by atoms with Crippen LogP contribution in [0.1, 0.15) is 30.0 Å². The van der Waals surface area contributed by atoms with Crippen LogP contribution in [-0.4, -0.2) is 62.8 Å². The molecule has 5 N–H and O–H groups in total. The van der Waals surface area contributed by atoms with E-state index in [1.165, 1.54) is 24.4 Å². The van der Waals surface area contributed by atoms with Crippen LogP contribution in [0.15, 0.2) is 30.6 Å². The van der Waals surface area contributed by atoms with E-state index in [1.807, 2.05) is 0 Å². The molecule has 2 unspecified atom stereocenters. The van der Waals surface area contributed by atoms with Gasteiger partial charge in [-0.1, -0.05) is 0 Å². The number of hydrogen-bond donors (Lipinski definition) is 5. The van der Waals surface area contributed by atoms with E-state index in [2.05, 4.69) is 31.7 Å². The Kier molecular flexibility index (Phi) is 6.04. The Morgan fingerprint density at radius 2 is 2.21 bits per heavy atom. The van der Waals surface area contributed by atoms with Crippen LogP contribution in [0.3, 0.4) is 0 Å². The first-order valence-electron chi connectivity index (χ1n) is 10.4. The van der Waals surface area contributed by atoms with Gasteiger partial charge >= 0.3 is 0 Å². The Hall–Kier alpha value is -3.88. The van der Waals surface area contributed by atoms with Gasteiger partial charge in [0.1, 0.15) is 23.3 Å². The number of fused-ring (bicyclic) bond motifs is 1. The Morgan fingerprint density at radius 1 is 1.45 bits per heavy atom. The fourth-order valence-electron chi connectivity index (χ4n) is 3.73. The van der Waals surface area contributed by atoms with Gasteiger partial charge in [-0.2, -0.15) is 5.26 Å². The molecule has 4 rings (SSSR count). The highest BCUT2D eigenvalue weighted by atomic mass is 19.1. The van der Waals surface area contributed by atoms with Crippen LogP contribution in [0.2, 0.25) is 0 Å². The summed E-state index contributed by atoms with van der Waals surface area (Å²) in [5, 5.41) is 33.9. The number of aromatic amines is 1. The Balaban J connectivity index is 1.55. The second kappa shape index (κ2) is 8.93. The summed E-state index contributed by atoms with van der Waals surface area (Å²) in [5.41, 5.74) is 2.30. The number of aliphatic hydroxyl groups is 1. The van der Waals surface area contributed by atoms with Crippen LogP contribution in [0, 0.1) is 28.5 Å². The highest BCUT2D eigenvalue weighted by molar-refractivity contribution is 6.13. The number of carbonyl (C=O) groups excluding carboxylic acids is 1. The molecule has 10 nitrogen and oxygen atoms in total. The van der Waals surface area contributed by atoms with E-state index in [1.54, 1.807) is 25.1 Å². The summed E-state index contributed by atoms with van der Waals surface area (Å²) in [6, 6.07) is 5.49. The minimum atomic E-state index is -1.22. The predicted molar refractivity (Wildman–Crippen MR) is 119 cm³/mol. The molecule has 1 aliphatic heterocycles. The van der Waals surface area contributed by atoms with Crippen molar-refractivity contribution < 1.29 is 14.3 Å². The van der Waals surface area contributed by atoms with E-state index in [9.17, 15) is 14.3 Å². The highest BCUT2D eigenvalue weighted by Gasteiger charge is 2.33. The van der Waals surface area contributed by atoms with Gasteiger partial charge in [0, 0.05) is 43.1 Å². The number of amides is 1. The van der Waals surface area contributed by atoms with Crippen molar-refractivity contribution in [3.8, 4) is 6.07 Å². The third kappa shape index (κ3) is 4.26. The van der Waals surface area contributed by atoms with Crippen molar-refractivity contribution in [3.05, 3.63) is 53.2 Å². The van der Waals surface area contributed by atoms with Crippen molar-refractivity contribution >= 4 is 28.5 Å². The monoisotopic (exact) mass is 450 g/mol. The molecule has 2 aromatic heterocycles. The van der Waals surface area contributed by atoms with Gasteiger partial charge in [-0.15, -0.1) is 0 Å². The molecule has 1 saturated heterocycles. The summed E-state index contributed by atoms with van der Waals surface area (Å²) in [6.45, 7) is 2.42. The molecule has 0 spiro atoms. The summed E-state index contributed by atoms with van der Waals surface area (Å²) in [4.78, 5) is 25.8. The molecule has 2 atom stereocenters. The lowest BCUT2D eigenvalue weighted by atomic mass is 10.0. The lowest BCUT2D eigenvalue weighted by Gasteiger charge is -2.37. The van der Waals surface area contributed by atoms with Crippen LogP contribution in [0.25, 0.3) is 11.2 Å². The molecule has 1 aromatic carbocycles. The van der Waals surface area contributed by atoms with E-state index in [0.717, 1.165) is 0 Å². The van der Waals surface area contributed by atoms with E-state index in [4.69, 9.17) is 10.7 Å². The molecule has 0 saturated carbocycles. The number of nitriles is 1. The molecule has 1 fully saturated rings. The molecule has 0 radical (unpaired) electrons. The maximum atomic E-state index is 13.6. The van der Waals surface area contributed by atoms with Crippen molar-refractivity contribution in [1.82, 2.24) is 25.2 Å². The van der Waals surface area contributed by atoms with Crippen LogP contribution >= 0.6 is 0 Å². The summed E-state index contributed by atoms with van der Waals surface area (Å²) < 4.78 is 13.6. The van der Waals surface area contributed by atoms with E-state index in [0.29, 0.717) is 41.1 Å². The van der Waals surface area contributed by atoms with E-state index >= 15 is 0 Å².